The van der Waals surface area contributed by atoms with Crippen molar-refractivity contribution in [3.63, 3.8) is 0 Å². The summed E-state index contributed by atoms with van der Waals surface area (Å²) in [6, 6.07) is 3.94. The van der Waals surface area contributed by atoms with Gasteiger partial charge in [0.25, 0.3) is 0 Å². The van der Waals surface area contributed by atoms with Crippen LogP contribution in [0.25, 0.3) is 0 Å². The molecule has 2 N–H and O–H groups in total. The van der Waals surface area contributed by atoms with Crippen molar-refractivity contribution in [3.05, 3.63) is 28.5 Å². The molecule has 0 aromatic heterocycles. The highest BCUT2D eigenvalue weighted by atomic mass is 79.9. The van der Waals surface area contributed by atoms with Gasteiger partial charge in [-0.15, -0.1) is 0 Å². The van der Waals surface area contributed by atoms with Gasteiger partial charge in [-0.25, -0.2) is 4.39 Å². The lowest BCUT2D eigenvalue weighted by Crippen LogP contribution is -2.18. The molecular weight excluding hydrogens is 317 g/mol. The molecule has 19 heavy (non-hydrogen) atoms. The third-order valence-electron chi connectivity index (χ3n) is 3.56. The summed E-state index contributed by atoms with van der Waals surface area (Å²) in [6.45, 7) is 3.47. The summed E-state index contributed by atoms with van der Waals surface area (Å²) in [6.07, 6.45) is 0. The van der Waals surface area contributed by atoms with Crippen molar-refractivity contribution >= 4 is 33.5 Å². The normalized spacial score (nSPS) is 23.8. The summed E-state index contributed by atoms with van der Waals surface area (Å²) in [7, 11) is 0. The summed E-state index contributed by atoms with van der Waals surface area (Å²) in [5, 5.41) is 11.6. The quantitative estimate of drug-likeness (QED) is 0.896. The van der Waals surface area contributed by atoms with E-state index in [2.05, 4.69) is 21.2 Å². The van der Waals surface area contributed by atoms with E-state index in [0.29, 0.717) is 10.2 Å². The highest BCUT2D eigenvalue weighted by molar-refractivity contribution is 9.10. The minimum Gasteiger partial charge on any atom is -0.481 e. The fourth-order valence-corrected chi connectivity index (χ4v) is 2.74. The van der Waals surface area contributed by atoms with Crippen LogP contribution in [0.3, 0.4) is 0 Å². The molecule has 0 heterocycles. The molecule has 2 atom stereocenters. The van der Waals surface area contributed by atoms with E-state index in [9.17, 15) is 14.0 Å². The van der Waals surface area contributed by atoms with Crippen molar-refractivity contribution in [1.29, 1.82) is 0 Å². The Hall–Kier alpha value is -1.43. The predicted molar refractivity (Wildman–Crippen MR) is 71.1 cm³/mol. The van der Waals surface area contributed by atoms with Gasteiger partial charge in [0, 0.05) is 4.47 Å². The first-order chi connectivity index (χ1) is 8.75. The number of halogens is 2. The molecule has 1 aliphatic rings. The van der Waals surface area contributed by atoms with Crippen LogP contribution in [-0.2, 0) is 9.59 Å². The van der Waals surface area contributed by atoms with Gasteiger partial charge in [-0.1, -0.05) is 13.8 Å². The number of benzene rings is 1. The molecule has 0 bridgehead atoms. The third-order valence-corrected chi connectivity index (χ3v) is 4.25. The van der Waals surface area contributed by atoms with E-state index in [4.69, 9.17) is 5.11 Å². The maximum atomic E-state index is 13.1. The summed E-state index contributed by atoms with van der Waals surface area (Å²) in [4.78, 5) is 23.1. The Morgan fingerprint density at radius 2 is 2.00 bits per heavy atom. The number of aliphatic carboxylic acids is 1. The van der Waals surface area contributed by atoms with Gasteiger partial charge < -0.3 is 10.4 Å². The van der Waals surface area contributed by atoms with Crippen molar-refractivity contribution in [2.24, 2.45) is 17.3 Å². The van der Waals surface area contributed by atoms with Crippen LogP contribution in [0.2, 0.25) is 0 Å². The lowest BCUT2D eigenvalue weighted by atomic mass is 10.1. The Morgan fingerprint density at radius 3 is 2.53 bits per heavy atom. The van der Waals surface area contributed by atoms with Crippen LogP contribution >= 0.6 is 15.9 Å². The number of carboxylic acid groups (broad SMARTS) is 1. The second-order valence-corrected chi connectivity index (χ2v) is 6.08. The molecular formula is C13H13BrFNO3. The van der Waals surface area contributed by atoms with E-state index in [1.165, 1.54) is 18.2 Å². The number of hydrogen-bond acceptors (Lipinski definition) is 2. The molecule has 1 fully saturated rings. The standard InChI is InChI=1S/C13H13BrFNO3/c1-13(2)9(10(13)12(18)19)11(17)16-8-5-6(15)3-4-7(8)14/h3-5,9-10H,1-2H3,(H,16,17)(H,18,19). The van der Waals surface area contributed by atoms with Gasteiger partial charge in [0.2, 0.25) is 5.91 Å². The average Bonchev–Trinajstić information content (AvgIpc) is 2.87. The monoisotopic (exact) mass is 329 g/mol. The number of carboxylic acids is 1. The molecule has 0 spiro atoms. The number of carbonyl (C=O) groups is 2. The Morgan fingerprint density at radius 1 is 1.37 bits per heavy atom. The number of nitrogens with one attached hydrogen (secondary N) is 1. The van der Waals surface area contributed by atoms with Crippen LogP contribution in [0.5, 0.6) is 0 Å². The van der Waals surface area contributed by atoms with Gasteiger partial charge in [-0.3, -0.25) is 9.59 Å². The largest absolute Gasteiger partial charge is 0.481 e. The van der Waals surface area contributed by atoms with Crippen LogP contribution in [0, 0.1) is 23.1 Å². The smallest absolute Gasteiger partial charge is 0.307 e. The van der Waals surface area contributed by atoms with Gasteiger partial charge >= 0.3 is 5.97 Å². The number of hydrogen-bond donors (Lipinski definition) is 2. The SMILES string of the molecule is CC1(C)C(C(=O)O)C1C(=O)Nc1cc(F)ccc1Br. The van der Waals surface area contributed by atoms with Gasteiger partial charge in [0.15, 0.2) is 0 Å². The van der Waals surface area contributed by atoms with Crippen molar-refractivity contribution in [1.82, 2.24) is 0 Å². The summed E-state index contributed by atoms with van der Waals surface area (Å²) in [5.41, 5.74) is -0.271. The maximum Gasteiger partial charge on any atom is 0.307 e. The Kier molecular flexibility index (Phi) is 3.38. The van der Waals surface area contributed by atoms with E-state index in [0.717, 1.165) is 0 Å². The first kappa shape index (κ1) is 14.0. The number of anilines is 1. The van der Waals surface area contributed by atoms with Crippen LogP contribution < -0.4 is 5.32 Å². The predicted octanol–water partition coefficient (Wildman–Crippen LogP) is 2.88. The zero-order chi connectivity index (χ0) is 14.4. The van der Waals surface area contributed by atoms with E-state index < -0.39 is 34.9 Å². The lowest BCUT2D eigenvalue weighted by Gasteiger charge is -2.08. The van der Waals surface area contributed by atoms with Gasteiger partial charge in [-0.2, -0.15) is 0 Å². The van der Waals surface area contributed by atoms with Crippen LogP contribution in [-0.4, -0.2) is 17.0 Å². The van der Waals surface area contributed by atoms with E-state index in [1.807, 2.05) is 0 Å². The molecule has 4 nitrogen and oxygen atoms in total. The van der Waals surface area contributed by atoms with E-state index in [1.54, 1.807) is 13.8 Å². The summed E-state index contributed by atoms with van der Waals surface area (Å²) >= 11 is 3.20. The Balaban J connectivity index is 2.15. The lowest BCUT2D eigenvalue weighted by molar-refractivity contribution is -0.140. The molecule has 0 aliphatic heterocycles. The first-order valence-electron chi connectivity index (χ1n) is 5.74. The highest BCUT2D eigenvalue weighted by Crippen LogP contribution is 2.58. The second-order valence-electron chi connectivity index (χ2n) is 5.23. The van der Waals surface area contributed by atoms with Gasteiger partial charge in [0.05, 0.1) is 17.5 Å². The van der Waals surface area contributed by atoms with Crippen LogP contribution in [0.15, 0.2) is 22.7 Å². The van der Waals surface area contributed by atoms with Crippen molar-refractivity contribution < 1.29 is 19.1 Å². The molecule has 102 valence electrons. The minimum absolute atomic E-state index is 0.303. The molecule has 1 saturated carbocycles. The summed E-state index contributed by atoms with van der Waals surface area (Å²) < 4.78 is 13.7. The molecule has 0 saturated heterocycles. The topological polar surface area (TPSA) is 66.4 Å². The molecule has 1 aromatic carbocycles. The fraction of sp³-hybridized carbons (Fsp3) is 0.385. The van der Waals surface area contributed by atoms with E-state index >= 15 is 0 Å². The minimum atomic E-state index is -0.983. The Bertz CT molecular complexity index is 559. The summed E-state index contributed by atoms with van der Waals surface area (Å²) in [5.74, 6) is -3.14. The third kappa shape index (κ3) is 2.49. The molecule has 1 aromatic rings. The van der Waals surface area contributed by atoms with Gasteiger partial charge in [0.1, 0.15) is 5.82 Å². The molecule has 2 unspecified atom stereocenters. The van der Waals surface area contributed by atoms with Crippen molar-refractivity contribution in [2.45, 2.75) is 13.8 Å². The zero-order valence-electron chi connectivity index (χ0n) is 10.4. The number of carbonyl (C=O) groups excluding carboxylic acids is 1. The van der Waals surface area contributed by atoms with Crippen LogP contribution in [0.1, 0.15) is 13.8 Å². The molecule has 0 radical (unpaired) electrons. The van der Waals surface area contributed by atoms with Crippen molar-refractivity contribution in [3.8, 4) is 0 Å². The fourth-order valence-electron chi connectivity index (χ4n) is 2.39. The first-order valence-corrected chi connectivity index (χ1v) is 6.53. The van der Waals surface area contributed by atoms with Gasteiger partial charge in [-0.05, 0) is 39.5 Å². The Labute approximate surface area is 118 Å². The maximum absolute atomic E-state index is 13.1. The highest BCUT2D eigenvalue weighted by Gasteiger charge is 2.65. The number of rotatable bonds is 3. The molecule has 1 aliphatic carbocycles. The molecule has 2 rings (SSSR count). The molecule has 1 amide bonds. The zero-order valence-corrected chi connectivity index (χ0v) is 12.0. The van der Waals surface area contributed by atoms with Crippen LogP contribution in [0.4, 0.5) is 10.1 Å². The second kappa shape index (κ2) is 4.59. The average molecular weight is 330 g/mol. The molecule has 6 heteroatoms. The van der Waals surface area contributed by atoms with Crippen molar-refractivity contribution in [2.75, 3.05) is 5.32 Å². The van der Waals surface area contributed by atoms with E-state index in [-0.39, 0.29) is 0 Å². The number of amides is 1.